The van der Waals surface area contributed by atoms with Crippen LogP contribution in [0.4, 0.5) is 0 Å². The molecule has 243 valence electrons. The van der Waals surface area contributed by atoms with Crippen molar-refractivity contribution in [2.45, 2.75) is 39.4 Å². The zero-order valence-corrected chi connectivity index (χ0v) is 29.2. The number of ether oxygens (including phenoxy) is 5. The molecule has 0 spiro atoms. The SMILES string of the molecule is CCC1(COCCCCOc2cc[c-]c(-[n+]3[c-]cccc3)c2)COC1.O=C(/C=C(\O)OCc1ccsc1)OCc1ccsc1.[Ir]. The number of aromatic nitrogens is 1. The summed E-state index contributed by atoms with van der Waals surface area (Å²) in [6.07, 6.45) is 9.12. The zero-order valence-electron chi connectivity index (χ0n) is 25.1. The predicted molar refractivity (Wildman–Crippen MR) is 169 cm³/mol. The van der Waals surface area contributed by atoms with Crippen LogP contribution in [0, 0.1) is 17.7 Å². The van der Waals surface area contributed by atoms with Crippen LogP contribution < -0.4 is 9.30 Å². The fourth-order valence-corrected chi connectivity index (χ4v) is 5.29. The van der Waals surface area contributed by atoms with Crippen LogP contribution in [0.25, 0.3) is 5.69 Å². The second-order valence-corrected chi connectivity index (χ2v) is 11.8. The molecule has 0 unspecified atom stereocenters. The predicted octanol–water partition coefficient (Wildman–Crippen LogP) is 6.63. The molecule has 0 amide bonds. The Labute approximate surface area is 286 Å². The molecular formula is C34H38IrNO7S2-. The first-order chi connectivity index (χ1) is 21.5. The summed E-state index contributed by atoms with van der Waals surface area (Å²) in [7, 11) is 0. The van der Waals surface area contributed by atoms with E-state index in [0.29, 0.717) is 6.61 Å². The molecule has 11 heteroatoms. The molecule has 0 saturated carbocycles. The summed E-state index contributed by atoms with van der Waals surface area (Å²) in [6.45, 7) is 6.60. The molecule has 0 bridgehead atoms. The number of unbranched alkanes of at least 4 members (excludes halogenated alkanes) is 1. The van der Waals surface area contributed by atoms with Gasteiger partial charge in [0.2, 0.25) is 0 Å². The van der Waals surface area contributed by atoms with Gasteiger partial charge in [0, 0.05) is 54.7 Å². The maximum absolute atomic E-state index is 11.4. The third-order valence-electron chi connectivity index (χ3n) is 6.77. The number of pyridine rings is 1. The number of esters is 1. The van der Waals surface area contributed by atoms with E-state index in [1.165, 1.54) is 11.3 Å². The van der Waals surface area contributed by atoms with E-state index < -0.39 is 11.9 Å². The van der Waals surface area contributed by atoms with E-state index in [4.69, 9.17) is 23.7 Å². The first-order valence-electron chi connectivity index (χ1n) is 14.5. The average Bonchev–Trinajstić information content (AvgIpc) is 3.76. The molecule has 4 aromatic rings. The summed E-state index contributed by atoms with van der Waals surface area (Å²) >= 11 is 3.07. The van der Waals surface area contributed by atoms with Gasteiger partial charge in [-0.3, -0.25) is 0 Å². The van der Waals surface area contributed by atoms with Gasteiger partial charge in [-0.2, -0.15) is 34.8 Å². The minimum absolute atomic E-state index is 0. The molecule has 3 aromatic heterocycles. The maximum atomic E-state index is 11.4. The average molecular weight is 829 g/mol. The van der Waals surface area contributed by atoms with Gasteiger partial charge >= 0.3 is 5.97 Å². The van der Waals surface area contributed by atoms with Gasteiger partial charge < -0.3 is 33.4 Å². The van der Waals surface area contributed by atoms with Gasteiger partial charge in [-0.1, -0.05) is 19.1 Å². The normalized spacial score (nSPS) is 13.4. The Hall–Kier alpha value is -3.05. The van der Waals surface area contributed by atoms with E-state index in [1.54, 1.807) is 11.3 Å². The van der Waals surface area contributed by atoms with Crippen molar-refractivity contribution >= 4 is 28.6 Å². The van der Waals surface area contributed by atoms with Crippen LogP contribution in [0.1, 0.15) is 37.3 Å². The molecule has 8 nitrogen and oxygen atoms in total. The Bertz CT molecular complexity index is 1390. The fraction of sp³-hybridized carbons (Fsp3) is 0.353. The molecular weight excluding hydrogens is 791 g/mol. The summed E-state index contributed by atoms with van der Waals surface area (Å²) in [5.41, 5.74) is 3.07. The first kappa shape index (κ1) is 36.4. The molecule has 1 aliphatic heterocycles. The number of hydrogen-bond donors (Lipinski definition) is 1. The van der Waals surface area contributed by atoms with Crippen LogP contribution in [0.3, 0.4) is 0 Å². The third-order valence-corrected chi connectivity index (χ3v) is 8.23. The standard InChI is InChI=1S/C21H26NO3.C13H12O4S2.Ir/c1-2-21(17-24-18-21)16-23-13-6-7-14-25-20-10-8-9-19(15-20)22-11-4-3-5-12-22;14-12(16-6-10-1-3-18-8-10)5-13(15)17-7-11-2-4-19-9-11;/h3-5,8,10-11,15H,2,6-7,13-14,16-18H2,1H3;1-5,8-9,14H,6-7H2;/q-1;;/b;12-5+;. The summed E-state index contributed by atoms with van der Waals surface area (Å²) in [4.78, 5) is 11.4. The van der Waals surface area contributed by atoms with Crippen LogP contribution >= 0.6 is 22.7 Å². The van der Waals surface area contributed by atoms with Crippen molar-refractivity contribution in [2.75, 3.05) is 33.0 Å². The first-order valence-corrected chi connectivity index (χ1v) is 16.3. The van der Waals surface area contributed by atoms with Crippen molar-refractivity contribution in [3.05, 3.63) is 112 Å². The number of carbonyl (C=O) groups excluding carboxylic acids is 1. The van der Waals surface area contributed by atoms with Crippen molar-refractivity contribution in [2.24, 2.45) is 5.41 Å². The number of hydrogen-bond acceptors (Lipinski definition) is 9. The third kappa shape index (κ3) is 13.1. The number of rotatable bonds is 16. The van der Waals surface area contributed by atoms with E-state index in [1.807, 2.05) is 80.8 Å². The molecule has 1 saturated heterocycles. The number of benzene rings is 1. The molecule has 1 fully saturated rings. The number of thiophene rings is 2. The van der Waals surface area contributed by atoms with E-state index in [9.17, 15) is 9.90 Å². The zero-order chi connectivity index (χ0) is 30.9. The summed E-state index contributed by atoms with van der Waals surface area (Å²) in [5, 5.41) is 17.0. The van der Waals surface area contributed by atoms with E-state index >= 15 is 0 Å². The Morgan fingerprint density at radius 3 is 2.40 bits per heavy atom. The van der Waals surface area contributed by atoms with Crippen LogP contribution in [0.15, 0.2) is 88.3 Å². The fourth-order valence-electron chi connectivity index (χ4n) is 3.98. The number of carbonyl (C=O) groups is 1. The van der Waals surface area contributed by atoms with Gasteiger partial charge in [-0.15, -0.1) is 18.2 Å². The summed E-state index contributed by atoms with van der Waals surface area (Å²) in [5.74, 6) is -0.216. The number of aliphatic hydroxyl groups is 1. The monoisotopic (exact) mass is 829 g/mol. The van der Waals surface area contributed by atoms with Crippen molar-refractivity contribution in [1.29, 1.82) is 0 Å². The molecule has 1 aliphatic rings. The van der Waals surface area contributed by atoms with Crippen molar-refractivity contribution in [1.82, 2.24) is 0 Å². The van der Waals surface area contributed by atoms with Gasteiger partial charge in [0.05, 0.1) is 32.6 Å². The molecule has 4 heterocycles. The van der Waals surface area contributed by atoms with E-state index in [0.717, 1.165) is 74.3 Å². The van der Waals surface area contributed by atoms with Gasteiger partial charge in [0.1, 0.15) is 25.5 Å². The maximum Gasteiger partial charge on any atom is 0.338 e. The van der Waals surface area contributed by atoms with Crippen LogP contribution in [-0.4, -0.2) is 44.1 Å². The Kier molecular flexibility index (Phi) is 16.3. The van der Waals surface area contributed by atoms with Gasteiger partial charge in [-0.05, 0) is 52.9 Å². The quantitative estimate of drug-likeness (QED) is 0.0339. The van der Waals surface area contributed by atoms with Crippen molar-refractivity contribution < 1.29 is 58.3 Å². The van der Waals surface area contributed by atoms with E-state index in [2.05, 4.69) is 19.2 Å². The van der Waals surface area contributed by atoms with Crippen LogP contribution in [0.2, 0.25) is 0 Å². The molecule has 45 heavy (non-hydrogen) atoms. The molecule has 1 N–H and O–H groups in total. The second kappa shape index (κ2) is 20.2. The second-order valence-electron chi connectivity index (χ2n) is 10.2. The summed E-state index contributed by atoms with van der Waals surface area (Å²) < 4.78 is 28.8. The molecule has 1 radical (unpaired) electrons. The van der Waals surface area contributed by atoms with Crippen molar-refractivity contribution in [3.8, 4) is 11.4 Å². The topological polar surface area (TPSA) is 87.3 Å². The summed E-state index contributed by atoms with van der Waals surface area (Å²) in [6, 6.07) is 18.5. The molecule has 0 aliphatic carbocycles. The minimum atomic E-state index is -0.631. The van der Waals surface area contributed by atoms with Crippen LogP contribution in [0.5, 0.6) is 5.75 Å². The van der Waals surface area contributed by atoms with Crippen LogP contribution in [-0.2, 0) is 57.1 Å². The number of nitrogens with zero attached hydrogens (tertiary/aromatic N) is 1. The molecule has 1 aromatic carbocycles. The smallest absolute Gasteiger partial charge is 0.338 e. The Balaban J connectivity index is 0.000000249. The van der Waals surface area contributed by atoms with Gasteiger partial charge in [0.25, 0.3) is 5.95 Å². The number of aliphatic hydroxyl groups excluding tert-OH is 1. The Morgan fingerprint density at radius 2 is 1.78 bits per heavy atom. The largest absolute Gasteiger partial charge is 0.520 e. The molecule has 0 atom stereocenters. The Morgan fingerprint density at radius 1 is 1.04 bits per heavy atom. The van der Waals surface area contributed by atoms with Crippen molar-refractivity contribution in [3.63, 3.8) is 0 Å². The minimum Gasteiger partial charge on any atom is -0.520 e. The van der Waals surface area contributed by atoms with Gasteiger partial charge in [0.15, 0.2) is 0 Å². The molecule has 5 rings (SSSR count). The van der Waals surface area contributed by atoms with Gasteiger partial charge in [-0.25, -0.2) is 4.79 Å². The van der Waals surface area contributed by atoms with E-state index in [-0.39, 0.29) is 38.7 Å².